The predicted octanol–water partition coefficient (Wildman–Crippen LogP) is 2.59. The minimum Gasteiger partial charge on any atom is -0.390 e. The Morgan fingerprint density at radius 2 is 1.88 bits per heavy atom. The molecule has 3 heteroatoms. The molecular formula is C13H22O2S. The van der Waals surface area contributed by atoms with Crippen LogP contribution in [0.25, 0.3) is 0 Å². The van der Waals surface area contributed by atoms with Crippen LogP contribution in [0.5, 0.6) is 0 Å². The van der Waals surface area contributed by atoms with Gasteiger partial charge in [-0.1, -0.05) is 0 Å². The van der Waals surface area contributed by atoms with Crippen molar-refractivity contribution >= 4 is 11.8 Å². The van der Waals surface area contributed by atoms with E-state index in [4.69, 9.17) is 4.74 Å². The Kier molecular flexibility index (Phi) is 2.97. The summed E-state index contributed by atoms with van der Waals surface area (Å²) >= 11 is 2.05. The molecule has 1 saturated carbocycles. The van der Waals surface area contributed by atoms with Gasteiger partial charge in [0.2, 0.25) is 0 Å². The summed E-state index contributed by atoms with van der Waals surface area (Å²) in [6.45, 7) is 0.873. The Labute approximate surface area is 102 Å². The van der Waals surface area contributed by atoms with E-state index in [1.165, 1.54) is 30.8 Å². The van der Waals surface area contributed by atoms with Gasteiger partial charge in [0.05, 0.1) is 11.2 Å². The Balaban J connectivity index is 1.69. The molecule has 1 unspecified atom stereocenters. The van der Waals surface area contributed by atoms with E-state index in [1.807, 2.05) is 11.8 Å². The third-order valence-electron chi connectivity index (χ3n) is 4.88. The molecule has 0 aromatic carbocycles. The smallest absolute Gasteiger partial charge is 0.0702 e. The van der Waals surface area contributed by atoms with Crippen LogP contribution in [0, 0.1) is 5.92 Å². The standard InChI is InChI=1S/C13H22O2S/c14-13(3-1-4-13)11-2-7-15-12(10-11)5-8-16-9-6-12/h11,14H,1-10H2. The van der Waals surface area contributed by atoms with E-state index in [9.17, 15) is 5.11 Å². The molecule has 16 heavy (non-hydrogen) atoms. The van der Waals surface area contributed by atoms with E-state index in [-0.39, 0.29) is 11.2 Å². The summed E-state index contributed by atoms with van der Waals surface area (Å²) in [7, 11) is 0. The highest BCUT2D eigenvalue weighted by Gasteiger charge is 2.48. The molecule has 0 radical (unpaired) electrons. The molecule has 0 amide bonds. The molecule has 2 heterocycles. The van der Waals surface area contributed by atoms with Crippen LogP contribution in [-0.4, -0.2) is 34.4 Å². The fourth-order valence-corrected chi connectivity index (χ4v) is 4.76. The topological polar surface area (TPSA) is 29.5 Å². The first kappa shape index (κ1) is 11.4. The van der Waals surface area contributed by atoms with Gasteiger partial charge >= 0.3 is 0 Å². The Morgan fingerprint density at radius 3 is 2.50 bits per heavy atom. The summed E-state index contributed by atoms with van der Waals surface area (Å²) in [4.78, 5) is 0. The third kappa shape index (κ3) is 1.91. The molecule has 1 aliphatic carbocycles. The molecule has 2 saturated heterocycles. The molecule has 1 atom stereocenters. The molecule has 0 bridgehead atoms. The SMILES string of the molecule is OC1(C2CCOC3(CCSCC3)C2)CCC1. The molecule has 3 rings (SSSR count). The summed E-state index contributed by atoms with van der Waals surface area (Å²) in [5.74, 6) is 2.99. The summed E-state index contributed by atoms with van der Waals surface area (Å²) in [6.07, 6.45) is 7.87. The second-order valence-electron chi connectivity index (χ2n) is 5.79. The van der Waals surface area contributed by atoms with Gasteiger partial charge in [-0.25, -0.2) is 0 Å². The molecule has 0 aromatic heterocycles. The van der Waals surface area contributed by atoms with Gasteiger partial charge in [0.15, 0.2) is 0 Å². The van der Waals surface area contributed by atoms with Crippen molar-refractivity contribution < 1.29 is 9.84 Å². The highest BCUT2D eigenvalue weighted by Crippen LogP contribution is 2.48. The minimum atomic E-state index is -0.318. The van der Waals surface area contributed by atoms with Gasteiger partial charge in [-0.05, 0) is 62.4 Å². The van der Waals surface area contributed by atoms with E-state index in [1.54, 1.807) is 0 Å². The number of hydrogen-bond donors (Lipinski definition) is 1. The quantitative estimate of drug-likeness (QED) is 0.766. The van der Waals surface area contributed by atoms with Crippen LogP contribution in [0.15, 0.2) is 0 Å². The number of ether oxygens (including phenoxy) is 1. The highest BCUT2D eigenvalue weighted by atomic mass is 32.2. The Hall–Kier alpha value is 0.270. The van der Waals surface area contributed by atoms with E-state index < -0.39 is 0 Å². The monoisotopic (exact) mass is 242 g/mol. The first-order chi connectivity index (χ1) is 7.73. The first-order valence-corrected chi connectivity index (χ1v) is 7.82. The number of thioether (sulfide) groups is 1. The zero-order valence-corrected chi connectivity index (χ0v) is 10.7. The van der Waals surface area contributed by atoms with E-state index in [0.29, 0.717) is 5.92 Å². The third-order valence-corrected chi connectivity index (χ3v) is 5.86. The van der Waals surface area contributed by atoms with Crippen molar-refractivity contribution in [1.29, 1.82) is 0 Å². The molecular weight excluding hydrogens is 220 g/mol. The number of aliphatic hydroxyl groups is 1. The molecule has 1 N–H and O–H groups in total. The van der Waals surface area contributed by atoms with Gasteiger partial charge in [-0.3, -0.25) is 0 Å². The van der Waals surface area contributed by atoms with Crippen molar-refractivity contribution in [3.8, 4) is 0 Å². The van der Waals surface area contributed by atoms with Crippen molar-refractivity contribution in [3.63, 3.8) is 0 Å². The van der Waals surface area contributed by atoms with E-state index in [0.717, 1.165) is 32.3 Å². The lowest BCUT2D eigenvalue weighted by Gasteiger charge is -2.51. The summed E-state index contributed by atoms with van der Waals surface area (Å²) in [5.41, 5.74) is -0.180. The van der Waals surface area contributed by atoms with Gasteiger partial charge in [-0.2, -0.15) is 11.8 Å². The maximum Gasteiger partial charge on any atom is 0.0702 e. The zero-order valence-electron chi connectivity index (χ0n) is 9.91. The van der Waals surface area contributed by atoms with Crippen LogP contribution in [0.4, 0.5) is 0 Å². The lowest BCUT2D eigenvalue weighted by molar-refractivity contribution is -0.168. The first-order valence-electron chi connectivity index (χ1n) is 6.67. The lowest BCUT2D eigenvalue weighted by atomic mass is 9.65. The van der Waals surface area contributed by atoms with Crippen molar-refractivity contribution in [1.82, 2.24) is 0 Å². The zero-order chi connectivity index (χ0) is 11.1. The Morgan fingerprint density at radius 1 is 1.12 bits per heavy atom. The molecule has 3 aliphatic rings. The predicted molar refractivity (Wildman–Crippen MR) is 66.8 cm³/mol. The van der Waals surface area contributed by atoms with Crippen molar-refractivity contribution in [2.45, 2.75) is 56.1 Å². The maximum atomic E-state index is 10.5. The fourth-order valence-electron chi connectivity index (χ4n) is 3.53. The molecule has 3 fully saturated rings. The van der Waals surface area contributed by atoms with E-state index in [2.05, 4.69) is 0 Å². The van der Waals surface area contributed by atoms with Crippen LogP contribution >= 0.6 is 11.8 Å². The van der Waals surface area contributed by atoms with Crippen molar-refractivity contribution in [2.75, 3.05) is 18.1 Å². The van der Waals surface area contributed by atoms with E-state index >= 15 is 0 Å². The normalized spacial score (nSPS) is 36.9. The van der Waals surface area contributed by atoms with Gasteiger partial charge in [0, 0.05) is 6.61 Å². The fraction of sp³-hybridized carbons (Fsp3) is 1.00. The van der Waals surface area contributed by atoms with Crippen LogP contribution in [0.1, 0.15) is 44.9 Å². The van der Waals surface area contributed by atoms with Gasteiger partial charge < -0.3 is 9.84 Å². The van der Waals surface area contributed by atoms with Gasteiger partial charge in [-0.15, -0.1) is 0 Å². The van der Waals surface area contributed by atoms with Crippen LogP contribution < -0.4 is 0 Å². The molecule has 92 valence electrons. The second kappa shape index (κ2) is 4.18. The Bertz CT molecular complexity index is 251. The summed E-state index contributed by atoms with van der Waals surface area (Å²) in [6, 6.07) is 0. The van der Waals surface area contributed by atoms with Gasteiger partial charge in [0.25, 0.3) is 0 Å². The second-order valence-corrected chi connectivity index (χ2v) is 7.02. The molecule has 2 aliphatic heterocycles. The largest absolute Gasteiger partial charge is 0.390 e. The summed E-state index contributed by atoms with van der Waals surface area (Å²) in [5, 5.41) is 10.5. The average molecular weight is 242 g/mol. The van der Waals surface area contributed by atoms with Crippen LogP contribution in [0.2, 0.25) is 0 Å². The lowest BCUT2D eigenvalue weighted by Crippen LogP contribution is -2.52. The number of rotatable bonds is 1. The van der Waals surface area contributed by atoms with Crippen molar-refractivity contribution in [2.24, 2.45) is 5.92 Å². The average Bonchev–Trinajstić information content (AvgIpc) is 2.27. The van der Waals surface area contributed by atoms with Crippen molar-refractivity contribution in [3.05, 3.63) is 0 Å². The number of hydrogen-bond acceptors (Lipinski definition) is 3. The molecule has 0 aromatic rings. The van der Waals surface area contributed by atoms with Crippen LogP contribution in [0.3, 0.4) is 0 Å². The molecule has 2 nitrogen and oxygen atoms in total. The van der Waals surface area contributed by atoms with Crippen LogP contribution in [-0.2, 0) is 4.74 Å². The maximum absolute atomic E-state index is 10.5. The molecule has 1 spiro atoms. The minimum absolute atomic E-state index is 0.138. The van der Waals surface area contributed by atoms with Gasteiger partial charge in [0.1, 0.15) is 0 Å². The highest BCUT2D eigenvalue weighted by molar-refractivity contribution is 7.99. The summed E-state index contributed by atoms with van der Waals surface area (Å²) < 4.78 is 6.08.